The molecule has 0 aliphatic heterocycles. The summed E-state index contributed by atoms with van der Waals surface area (Å²) in [5.41, 5.74) is 6.87. The number of carbonyl (C=O) groups excluding carboxylic acids is 2. The average molecular weight is 458 g/mol. The van der Waals surface area contributed by atoms with Crippen molar-refractivity contribution < 1.29 is 9.59 Å². The third-order valence-corrected chi connectivity index (χ3v) is 5.12. The highest BCUT2D eigenvalue weighted by Crippen LogP contribution is 2.23. The molecule has 0 fully saturated rings. The molecule has 0 saturated heterocycles. The highest BCUT2D eigenvalue weighted by Gasteiger charge is 2.15. The maximum absolute atomic E-state index is 12.2. The zero-order chi connectivity index (χ0) is 23.2. The molecular formula is C25H20ClN5O2. The number of nitrogens with zero attached hydrogens (tertiary/aromatic N) is 3. The first-order valence-corrected chi connectivity index (χ1v) is 10.5. The van der Waals surface area contributed by atoms with Crippen molar-refractivity contribution >= 4 is 35.3 Å². The van der Waals surface area contributed by atoms with E-state index in [-0.39, 0.29) is 0 Å². The first kappa shape index (κ1) is 22.0. The van der Waals surface area contributed by atoms with E-state index in [2.05, 4.69) is 15.8 Å². The Kier molecular flexibility index (Phi) is 6.61. The lowest BCUT2D eigenvalue weighted by Crippen LogP contribution is -2.32. The fourth-order valence-corrected chi connectivity index (χ4v) is 3.27. The number of para-hydroxylation sites is 2. The van der Waals surface area contributed by atoms with Gasteiger partial charge in [-0.25, -0.2) is 10.1 Å². The van der Waals surface area contributed by atoms with E-state index >= 15 is 0 Å². The van der Waals surface area contributed by atoms with Crippen LogP contribution in [0, 0.1) is 6.92 Å². The topological polar surface area (TPSA) is 88.4 Å². The molecule has 0 atom stereocenters. The van der Waals surface area contributed by atoms with E-state index in [0.29, 0.717) is 22.0 Å². The van der Waals surface area contributed by atoms with E-state index in [0.717, 1.165) is 16.8 Å². The van der Waals surface area contributed by atoms with Crippen LogP contribution in [0.1, 0.15) is 11.1 Å². The molecule has 2 N–H and O–H groups in total. The number of anilines is 1. The Bertz CT molecular complexity index is 1310. The molecule has 164 valence electrons. The molecule has 4 rings (SSSR count). The predicted octanol–water partition coefficient (Wildman–Crippen LogP) is 4.59. The number of hydrogen-bond donors (Lipinski definition) is 2. The Morgan fingerprint density at radius 1 is 0.939 bits per heavy atom. The molecule has 4 aromatic rings. The Morgan fingerprint density at radius 2 is 1.64 bits per heavy atom. The van der Waals surface area contributed by atoms with Gasteiger partial charge >= 0.3 is 11.8 Å². The van der Waals surface area contributed by atoms with Gasteiger partial charge in [0.25, 0.3) is 0 Å². The molecule has 2 amide bonds. The monoisotopic (exact) mass is 457 g/mol. The van der Waals surface area contributed by atoms with Crippen LogP contribution in [0.5, 0.6) is 0 Å². The minimum absolute atomic E-state index is 0.332. The van der Waals surface area contributed by atoms with Gasteiger partial charge in [-0.05, 0) is 31.2 Å². The van der Waals surface area contributed by atoms with E-state index < -0.39 is 11.8 Å². The fraction of sp³-hybridized carbons (Fsp3) is 0.0400. The summed E-state index contributed by atoms with van der Waals surface area (Å²) in [7, 11) is 0. The lowest BCUT2D eigenvalue weighted by Gasteiger charge is -2.05. The Balaban J connectivity index is 1.54. The molecule has 0 radical (unpaired) electrons. The number of rotatable bonds is 5. The van der Waals surface area contributed by atoms with Gasteiger partial charge in [-0.15, -0.1) is 0 Å². The van der Waals surface area contributed by atoms with Gasteiger partial charge < -0.3 is 5.32 Å². The zero-order valence-electron chi connectivity index (χ0n) is 17.7. The Labute approximate surface area is 195 Å². The van der Waals surface area contributed by atoms with Crippen LogP contribution in [0.4, 0.5) is 5.69 Å². The van der Waals surface area contributed by atoms with Crippen molar-refractivity contribution in [3.05, 3.63) is 101 Å². The highest BCUT2D eigenvalue weighted by atomic mass is 35.5. The molecule has 0 saturated carbocycles. The van der Waals surface area contributed by atoms with E-state index in [1.807, 2.05) is 67.7 Å². The molecule has 0 aliphatic rings. The van der Waals surface area contributed by atoms with Gasteiger partial charge in [-0.2, -0.15) is 10.2 Å². The standard InChI is InChI=1S/C25H20ClN5O2/c1-17-11-13-18(14-12-17)23-19(16-31(30-23)20-7-3-2-4-8-20)15-27-29-25(33)24(32)28-22-10-6-5-9-21(22)26/h2-16H,1H3,(H,28,32)(H,29,33)/b27-15+. The number of aromatic nitrogens is 2. The minimum Gasteiger partial charge on any atom is -0.316 e. The maximum atomic E-state index is 12.2. The molecule has 0 aliphatic carbocycles. The van der Waals surface area contributed by atoms with Crippen molar-refractivity contribution in [2.24, 2.45) is 5.10 Å². The zero-order valence-corrected chi connectivity index (χ0v) is 18.5. The normalized spacial score (nSPS) is 10.8. The number of hydrogen-bond acceptors (Lipinski definition) is 4. The second-order valence-electron chi connectivity index (χ2n) is 7.21. The molecule has 0 bridgehead atoms. The summed E-state index contributed by atoms with van der Waals surface area (Å²) in [4.78, 5) is 24.3. The summed E-state index contributed by atoms with van der Waals surface area (Å²) in [5, 5.41) is 11.4. The number of carbonyl (C=O) groups is 2. The van der Waals surface area contributed by atoms with Crippen LogP contribution in [-0.4, -0.2) is 27.8 Å². The van der Waals surface area contributed by atoms with Gasteiger partial charge in [0, 0.05) is 17.3 Å². The predicted molar refractivity (Wildman–Crippen MR) is 130 cm³/mol. The third kappa shape index (κ3) is 5.34. The Hall–Kier alpha value is -4.23. The molecule has 8 heteroatoms. The van der Waals surface area contributed by atoms with Gasteiger partial charge in [0.1, 0.15) is 5.69 Å². The van der Waals surface area contributed by atoms with Crippen molar-refractivity contribution in [3.63, 3.8) is 0 Å². The number of amides is 2. The van der Waals surface area contributed by atoms with Crippen molar-refractivity contribution in [1.29, 1.82) is 0 Å². The van der Waals surface area contributed by atoms with E-state index in [4.69, 9.17) is 16.7 Å². The van der Waals surface area contributed by atoms with E-state index in [1.54, 1.807) is 28.9 Å². The van der Waals surface area contributed by atoms with Gasteiger partial charge in [-0.1, -0.05) is 71.8 Å². The number of nitrogens with one attached hydrogen (secondary N) is 2. The number of benzene rings is 3. The molecule has 1 heterocycles. The molecule has 3 aromatic carbocycles. The molecular weight excluding hydrogens is 438 g/mol. The van der Waals surface area contributed by atoms with Crippen LogP contribution in [-0.2, 0) is 9.59 Å². The van der Waals surface area contributed by atoms with Gasteiger partial charge in [0.15, 0.2) is 0 Å². The number of aryl methyl sites for hydroxylation is 1. The van der Waals surface area contributed by atoms with Crippen LogP contribution in [0.15, 0.2) is 90.2 Å². The van der Waals surface area contributed by atoms with E-state index in [9.17, 15) is 9.59 Å². The largest absolute Gasteiger partial charge is 0.329 e. The lowest BCUT2D eigenvalue weighted by molar-refractivity contribution is -0.136. The van der Waals surface area contributed by atoms with Crippen molar-refractivity contribution in [2.45, 2.75) is 6.92 Å². The SMILES string of the molecule is Cc1ccc(-c2nn(-c3ccccc3)cc2/C=N/NC(=O)C(=O)Nc2ccccc2Cl)cc1. The van der Waals surface area contributed by atoms with E-state index in [1.165, 1.54) is 6.21 Å². The fourth-order valence-electron chi connectivity index (χ4n) is 3.08. The quantitative estimate of drug-likeness (QED) is 0.261. The molecule has 0 unspecified atom stereocenters. The number of halogens is 1. The van der Waals surface area contributed by atoms with Crippen LogP contribution in [0.25, 0.3) is 16.9 Å². The molecule has 7 nitrogen and oxygen atoms in total. The van der Waals surface area contributed by atoms with Gasteiger partial charge in [-0.3, -0.25) is 9.59 Å². The van der Waals surface area contributed by atoms with Crippen LogP contribution < -0.4 is 10.7 Å². The smallest absolute Gasteiger partial charge is 0.316 e. The van der Waals surface area contributed by atoms with Crippen LogP contribution in [0.3, 0.4) is 0 Å². The maximum Gasteiger partial charge on any atom is 0.329 e. The summed E-state index contributed by atoms with van der Waals surface area (Å²) in [6, 6.07) is 24.2. The van der Waals surface area contributed by atoms with Crippen LogP contribution >= 0.6 is 11.6 Å². The van der Waals surface area contributed by atoms with Gasteiger partial charge in [0.05, 0.1) is 22.6 Å². The average Bonchev–Trinajstić information content (AvgIpc) is 3.25. The minimum atomic E-state index is -0.918. The summed E-state index contributed by atoms with van der Waals surface area (Å²) in [5.74, 6) is -1.79. The number of hydrazone groups is 1. The highest BCUT2D eigenvalue weighted by molar-refractivity contribution is 6.41. The van der Waals surface area contributed by atoms with Gasteiger partial charge in [0.2, 0.25) is 0 Å². The summed E-state index contributed by atoms with van der Waals surface area (Å²) in [6.45, 7) is 2.01. The molecule has 1 aromatic heterocycles. The summed E-state index contributed by atoms with van der Waals surface area (Å²) >= 11 is 6.01. The molecule has 0 spiro atoms. The van der Waals surface area contributed by atoms with Crippen molar-refractivity contribution in [3.8, 4) is 16.9 Å². The first-order chi connectivity index (χ1) is 16.0. The lowest BCUT2D eigenvalue weighted by atomic mass is 10.1. The second kappa shape index (κ2) is 9.93. The molecule has 33 heavy (non-hydrogen) atoms. The third-order valence-electron chi connectivity index (χ3n) is 4.79. The van der Waals surface area contributed by atoms with Crippen molar-refractivity contribution in [2.75, 3.05) is 5.32 Å². The summed E-state index contributed by atoms with van der Waals surface area (Å²) in [6.07, 6.45) is 3.27. The first-order valence-electron chi connectivity index (χ1n) is 10.1. The second-order valence-corrected chi connectivity index (χ2v) is 7.62. The Morgan fingerprint density at radius 3 is 2.36 bits per heavy atom. The summed E-state index contributed by atoms with van der Waals surface area (Å²) < 4.78 is 1.74. The van der Waals surface area contributed by atoms with Crippen LogP contribution in [0.2, 0.25) is 5.02 Å². The van der Waals surface area contributed by atoms with Crippen molar-refractivity contribution in [1.82, 2.24) is 15.2 Å².